The lowest BCUT2D eigenvalue weighted by Gasteiger charge is -2.19. The Labute approximate surface area is 137 Å². The third-order valence-corrected chi connectivity index (χ3v) is 4.46. The lowest BCUT2D eigenvalue weighted by molar-refractivity contribution is -0.546. The van der Waals surface area contributed by atoms with Crippen molar-refractivity contribution in [3.05, 3.63) is 65.0 Å². The van der Waals surface area contributed by atoms with Gasteiger partial charge in [-0.3, -0.25) is 0 Å². The van der Waals surface area contributed by atoms with Gasteiger partial charge in [-0.25, -0.2) is 8.97 Å². The van der Waals surface area contributed by atoms with Crippen LogP contribution in [0.4, 0.5) is 4.39 Å². The van der Waals surface area contributed by atoms with E-state index >= 15 is 0 Å². The fourth-order valence-electron chi connectivity index (χ4n) is 3.28. The minimum absolute atomic E-state index is 0.121. The average Bonchev–Trinajstić information content (AvgIpc) is 2.58. The van der Waals surface area contributed by atoms with Gasteiger partial charge in [0, 0.05) is 18.4 Å². The van der Waals surface area contributed by atoms with Crippen molar-refractivity contribution >= 4 is 5.71 Å². The summed E-state index contributed by atoms with van der Waals surface area (Å²) in [4.78, 5) is 0. The average molecular weight is 312 g/mol. The number of ether oxygens (including phenoxy) is 1. The topological polar surface area (TPSA) is 12.2 Å². The zero-order valence-electron chi connectivity index (χ0n) is 13.8. The van der Waals surface area contributed by atoms with Crippen LogP contribution in [0.3, 0.4) is 0 Å². The van der Waals surface area contributed by atoms with Crippen LogP contribution in [0, 0.1) is 5.82 Å². The summed E-state index contributed by atoms with van der Waals surface area (Å²) in [5.41, 5.74) is 4.70. The molecule has 0 amide bonds. The van der Waals surface area contributed by atoms with Crippen molar-refractivity contribution < 1.29 is 13.7 Å². The maximum absolute atomic E-state index is 14.0. The predicted molar refractivity (Wildman–Crippen MR) is 90.9 cm³/mol. The Morgan fingerprint density at radius 1 is 1.17 bits per heavy atom. The highest BCUT2D eigenvalue weighted by Crippen LogP contribution is 2.24. The van der Waals surface area contributed by atoms with Crippen molar-refractivity contribution in [2.75, 3.05) is 13.7 Å². The number of methoxy groups -OCH3 is 1. The van der Waals surface area contributed by atoms with E-state index in [0.717, 1.165) is 37.1 Å². The Balaban J connectivity index is 2.00. The Hall–Kier alpha value is -2.16. The quantitative estimate of drug-likeness (QED) is 0.754. The highest BCUT2D eigenvalue weighted by Gasteiger charge is 2.26. The van der Waals surface area contributed by atoms with Gasteiger partial charge in [0.2, 0.25) is 0 Å². The van der Waals surface area contributed by atoms with Crippen molar-refractivity contribution in [1.82, 2.24) is 0 Å². The van der Waals surface area contributed by atoms with Gasteiger partial charge >= 0.3 is 0 Å². The molecule has 2 aromatic carbocycles. The molecule has 23 heavy (non-hydrogen) atoms. The van der Waals surface area contributed by atoms with Gasteiger partial charge in [0.15, 0.2) is 12.3 Å². The van der Waals surface area contributed by atoms with Gasteiger partial charge in [0.25, 0.3) is 0 Å². The van der Waals surface area contributed by atoms with Crippen LogP contribution in [0.15, 0.2) is 42.5 Å². The number of hydrogen-bond acceptors (Lipinski definition) is 1. The van der Waals surface area contributed by atoms with Crippen LogP contribution in [0.5, 0.6) is 5.75 Å². The number of rotatable bonds is 5. The summed E-state index contributed by atoms with van der Waals surface area (Å²) in [7, 11) is 1.70. The van der Waals surface area contributed by atoms with Crippen LogP contribution < -0.4 is 4.74 Å². The van der Waals surface area contributed by atoms with Gasteiger partial charge < -0.3 is 4.74 Å². The Kier molecular flexibility index (Phi) is 4.75. The fraction of sp³-hybridized carbons (Fsp3) is 0.350. The summed E-state index contributed by atoms with van der Waals surface area (Å²) >= 11 is 0. The molecule has 0 saturated carbocycles. The smallest absolute Gasteiger partial charge is 0.183 e. The first-order valence-corrected chi connectivity index (χ1v) is 8.24. The molecule has 0 N–H and O–H groups in total. The van der Waals surface area contributed by atoms with Gasteiger partial charge in [0.05, 0.1) is 12.7 Å². The summed E-state index contributed by atoms with van der Waals surface area (Å²) < 4.78 is 21.7. The van der Waals surface area contributed by atoms with E-state index in [1.54, 1.807) is 13.2 Å². The molecule has 0 fully saturated rings. The van der Waals surface area contributed by atoms with Crippen LogP contribution in [0.25, 0.3) is 0 Å². The minimum Gasteiger partial charge on any atom is -0.497 e. The van der Waals surface area contributed by atoms with Crippen LogP contribution in [0.1, 0.15) is 36.5 Å². The highest BCUT2D eigenvalue weighted by molar-refractivity contribution is 5.98. The molecule has 2 aromatic rings. The van der Waals surface area contributed by atoms with Crippen molar-refractivity contribution in [1.29, 1.82) is 0 Å². The second kappa shape index (κ2) is 6.95. The Bertz CT molecular complexity index is 736. The standard InChI is InChI=1S/C20H23FNO/c1-3-6-20-18-10-9-17(23-2)13-15(18)11-12-22(20)14-16-7-4-5-8-19(16)21/h4-5,7-10,13H,3,6,11-12,14H2,1-2H3/q+1. The first-order chi connectivity index (χ1) is 11.2. The number of benzene rings is 2. The normalized spacial score (nSPS) is 13.9. The molecule has 2 nitrogen and oxygen atoms in total. The summed E-state index contributed by atoms with van der Waals surface area (Å²) in [5, 5.41) is 0. The molecule has 0 unspecified atom stereocenters. The molecule has 120 valence electrons. The molecule has 0 saturated heterocycles. The molecule has 0 spiro atoms. The SMILES string of the molecule is CCCC1=[N+](Cc2ccccc2F)CCc2cc(OC)ccc21. The number of halogens is 1. The number of nitrogens with zero attached hydrogens (tertiary/aromatic N) is 1. The maximum atomic E-state index is 14.0. The fourth-order valence-corrected chi connectivity index (χ4v) is 3.28. The maximum Gasteiger partial charge on any atom is 0.183 e. The lowest BCUT2D eigenvalue weighted by atomic mass is 9.93. The molecule has 3 rings (SSSR count). The number of hydrogen-bond donors (Lipinski definition) is 0. The summed E-state index contributed by atoms with van der Waals surface area (Å²) in [5.74, 6) is 0.783. The van der Waals surface area contributed by atoms with Crippen LogP contribution in [-0.4, -0.2) is 23.9 Å². The van der Waals surface area contributed by atoms with E-state index in [9.17, 15) is 4.39 Å². The van der Waals surface area contributed by atoms with Crippen molar-refractivity contribution in [3.8, 4) is 5.75 Å². The van der Waals surface area contributed by atoms with Gasteiger partial charge in [-0.15, -0.1) is 0 Å². The first kappa shape index (κ1) is 15.7. The molecule has 1 heterocycles. The van der Waals surface area contributed by atoms with E-state index in [0.29, 0.717) is 6.54 Å². The predicted octanol–water partition coefficient (Wildman–Crippen LogP) is 4.19. The Morgan fingerprint density at radius 2 is 2.00 bits per heavy atom. The van der Waals surface area contributed by atoms with E-state index in [1.807, 2.05) is 18.2 Å². The van der Waals surface area contributed by atoms with Crippen LogP contribution >= 0.6 is 0 Å². The van der Waals surface area contributed by atoms with Gasteiger partial charge in [0.1, 0.15) is 18.1 Å². The molecule has 0 aromatic heterocycles. The molecule has 0 radical (unpaired) electrons. The summed E-state index contributed by atoms with van der Waals surface area (Å²) in [6, 6.07) is 13.4. The van der Waals surface area contributed by atoms with Crippen molar-refractivity contribution in [3.63, 3.8) is 0 Å². The zero-order chi connectivity index (χ0) is 16.2. The van der Waals surface area contributed by atoms with E-state index < -0.39 is 0 Å². The lowest BCUT2D eigenvalue weighted by Crippen LogP contribution is -2.30. The van der Waals surface area contributed by atoms with E-state index in [2.05, 4.69) is 23.6 Å². The Morgan fingerprint density at radius 3 is 2.74 bits per heavy atom. The third kappa shape index (κ3) is 3.29. The van der Waals surface area contributed by atoms with Crippen LogP contribution in [-0.2, 0) is 13.0 Å². The van der Waals surface area contributed by atoms with Crippen molar-refractivity contribution in [2.24, 2.45) is 0 Å². The van der Waals surface area contributed by atoms with Gasteiger partial charge in [-0.05, 0) is 42.3 Å². The minimum atomic E-state index is -0.121. The molecule has 3 heteroatoms. The number of fused-ring (bicyclic) bond motifs is 1. The van der Waals surface area contributed by atoms with Crippen molar-refractivity contribution in [2.45, 2.75) is 32.7 Å². The molecule has 1 aliphatic rings. The highest BCUT2D eigenvalue weighted by atomic mass is 19.1. The molecule has 1 aliphatic heterocycles. The largest absolute Gasteiger partial charge is 0.497 e. The monoisotopic (exact) mass is 312 g/mol. The van der Waals surface area contributed by atoms with Crippen LogP contribution in [0.2, 0.25) is 0 Å². The molecular weight excluding hydrogens is 289 g/mol. The molecule has 0 bridgehead atoms. The second-order valence-corrected chi connectivity index (χ2v) is 5.98. The van der Waals surface area contributed by atoms with Gasteiger partial charge in [-0.1, -0.05) is 19.1 Å². The van der Waals surface area contributed by atoms with Gasteiger partial charge in [-0.2, -0.15) is 0 Å². The summed E-state index contributed by atoms with van der Waals surface area (Å²) in [6.07, 6.45) is 3.05. The van der Waals surface area contributed by atoms with E-state index in [-0.39, 0.29) is 5.82 Å². The van der Waals surface area contributed by atoms with E-state index in [4.69, 9.17) is 4.74 Å². The molecular formula is C20H23FNO+. The van der Waals surface area contributed by atoms with E-state index in [1.165, 1.54) is 22.9 Å². The summed E-state index contributed by atoms with van der Waals surface area (Å²) in [6.45, 7) is 3.74. The second-order valence-electron chi connectivity index (χ2n) is 5.98. The molecule has 0 atom stereocenters. The molecule has 0 aliphatic carbocycles. The third-order valence-electron chi connectivity index (χ3n) is 4.46. The first-order valence-electron chi connectivity index (χ1n) is 8.24. The zero-order valence-corrected chi connectivity index (χ0v) is 13.8.